The van der Waals surface area contributed by atoms with Gasteiger partial charge in [-0.05, 0) is 39.9 Å². The van der Waals surface area contributed by atoms with Crippen molar-refractivity contribution in [3.05, 3.63) is 125 Å². The number of aliphatic hydroxyl groups excluding tert-OH is 1. The van der Waals surface area contributed by atoms with Crippen LogP contribution in [0, 0.1) is 5.92 Å². The minimum atomic E-state index is -0.944. The quantitative estimate of drug-likeness (QED) is 0.200. The molecule has 0 spiro atoms. The zero-order chi connectivity index (χ0) is 28.1. The first kappa shape index (κ1) is 28.1. The zero-order valence-corrected chi connectivity index (χ0v) is 23.1. The van der Waals surface area contributed by atoms with Crippen LogP contribution in [0.15, 0.2) is 102 Å². The molecule has 4 unspecified atom stereocenters. The van der Waals surface area contributed by atoms with E-state index in [9.17, 15) is 15.0 Å². The summed E-state index contributed by atoms with van der Waals surface area (Å²) in [6.07, 6.45) is -1.05. The summed E-state index contributed by atoms with van der Waals surface area (Å²) in [6.45, 7) is 2.54. The lowest BCUT2D eigenvalue weighted by molar-refractivity contribution is -0.268. The van der Waals surface area contributed by atoms with Gasteiger partial charge in [-0.3, -0.25) is 0 Å². The Morgan fingerprint density at radius 2 is 1.55 bits per heavy atom. The Hall–Kier alpha value is -3.46. The molecule has 0 saturated carbocycles. The Balaban J connectivity index is 1.42. The number of thioether (sulfide) groups is 1. The molecule has 1 heterocycles. The third-order valence-electron chi connectivity index (χ3n) is 7.38. The molecule has 7 heteroatoms. The third-order valence-corrected chi connectivity index (χ3v) is 8.54. The first-order valence-corrected chi connectivity index (χ1v) is 14.3. The first-order chi connectivity index (χ1) is 19.5. The molecular weight excluding hydrogens is 522 g/mol. The van der Waals surface area contributed by atoms with E-state index in [1.54, 1.807) is 12.1 Å². The summed E-state index contributed by atoms with van der Waals surface area (Å²) in [5.74, 6) is -0.380. The van der Waals surface area contributed by atoms with Crippen molar-refractivity contribution in [3.8, 4) is 11.1 Å². The maximum absolute atomic E-state index is 11.7. The highest BCUT2D eigenvalue weighted by atomic mass is 32.2. The Labute approximate surface area is 238 Å². The molecule has 1 fully saturated rings. The lowest BCUT2D eigenvalue weighted by Crippen LogP contribution is -2.38. The molecule has 4 aromatic carbocycles. The normalized spacial score (nSPS) is 20.8. The molecule has 0 bridgehead atoms. The fourth-order valence-corrected chi connectivity index (χ4v) is 6.26. The van der Waals surface area contributed by atoms with Crippen LogP contribution in [0.5, 0.6) is 0 Å². The fraction of sp³-hybridized carbons (Fsp3) is 0.242. The SMILES string of the molecule is CC1C(CSc2ccccc2C(=O)O)OC(c2ccc(-c3ccccc3CN)cc2)OC1c1ccc(CO)cc1. The molecule has 1 aliphatic rings. The number of aromatic carboxylic acids is 1. The lowest BCUT2D eigenvalue weighted by Gasteiger charge is -2.41. The second kappa shape index (κ2) is 12.8. The minimum Gasteiger partial charge on any atom is -0.478 e. The number of carboxylic acid groups (broad SMARTS) is 1. The number of hydrogen-bond acceptors (Lipinski definition) is 6. The van der Waals surface area contributed by atoms with Crippen LogP contribution >= 0.6 is 11.8 Å². The van der Waals surface area contributed by atoms with Gasteiger partial charge in [0.05, 0.1) is 24.4 Å². The predicted molar refractivity (Wildman–Crippen MR) is 157 cm³/mol. The standard InChI is InChI=1S/C33H33NO5S/c1-21-29(20-40-30-9-5-4-8-28(30)32(36)37)38-33(39-31(21)24-12-10-22(19-35)11-13-24)25-16-14-23(15-17-25)27-7-3-2-6-26(27)18-34/h2-17,21,29,31,33,35H,18-20,34H2,1H3,(H,36,37). The van der Waals surface area contributed by atoms with Gasteiger partial charge < -0.3 is 25.4 Å². The smallest absolute Gasteiger partial charge is 0.336 e. The molecule has 4 atom stereocenters. The van der Waals surface area contributed by atoms with Gasteiger partial charge in [0.15, 0.2) is 6.29 Å². The van der Waals surface area contributed by atoms with E-state index >= 15 is 0 Å². The van der Waals surface area contributed by atoms with E-state index in [-0.39, 0.29) is 30.3 Å². The van der Waals surface area contributed by atoms with Gasteiger partial charge in [-0.1, -0.05) is 91.9 Å². The van der Waals surface area contributed by atoms with Crippen LogP contribution < -0.4 is 5.73 Å². The second-order valence-corrected chi connectivity index (χ2v) is 11.0. The topological polar surface area (TPSA) is 102 Å². The molecule has 4 N–H and O–H groups in total. The number of carboxylic acids is 1. The molecular formula is C33H33NO5S. The predicted octanol–water partition coefficient (Wildman–Crippen LogP) is 6.59. The molecule has 1 aliphatic heterocycles. The van der Waals surface area contributed by atoms with Gasteiger partial charge in [0.1, 0.15) is 0 Å². The second-order valence-electron chi connectivity index (χ2n) is 9.92. The number of rotatable bonds is 9. The molecule has 6 nitrogen and oxygen atoms in total. The van der Waals surface area contributed by atoms with Crippen LogP contribution in [0.2, 0.25) is 0 Å². The maximum atomic E-state index is 11.7. The average molecular weight is 556 g/mol. The number of ether oxygens (including phenoxy) is 2. The van der Waals surface area contributed by atoms with Crippen molar-refractivity contribution < 1.29 is 24.5 Å². The van der Waals surface area contributed by atoms with Gasteiger partial charge in [0.25, 0.3) is 0 Å². The molecule has 0 amide bonds. The summed E-state index contributed by atoms with van der Waals surface area (Å²) >= 11 is 1.48. The molecule has 206 valence electrons. The fourth-order valence-electron chi connectivity index (χ4n) is 5.05. The number of benzene rings is 4. The van der Waals surface area contributed by atoms with E-state index in [2.05, 4.69) is 25.1 Å². The van der Waals surface area contributed by atoms with Gasteiger partial charge in [-0.2, -0.15) is 0 Å². The van der Waals surface area contributed by atoms with Crippen molar-refractivity contribution in [2.75, 3.05) is 5.75 Å². The molecule has 0 aromatic heterocycles. The van der Waals surface area contributed by atoms with E-state index in [1.807, 2.05) is 66.7 Å². The lowest BCUT2D eigenvalue weighted by atomic mass is 9.91. The van der Waals surface area contributed by atoms with Gasteiger partial charge in [-0.25, -0.2) is 4.79 Å². The number of carbonyl (C=O) groups is 1. The Morgan fingerprint density at radius 3 is 2.25 bits per heavy atom. The summed E-state index contributed by atoms with van der Waals surface area (Å²) in [7, 11) is 0. The van der Waals surface area contributed by atoms with Crippen molar-refractivity contribution in [2.45, 2.75) is 43.5 Å². The van der Waals surface area contributed by atoms with Crippen LogP contribution in [0.25, 0.3) is 11.1 Å². The number of hydrogen-bond donors (Lipinski definition) is 3. The monoisotopic (exact) mass is 555 g/mol. The van der Waals surface area contributed by atoms with Crippen molar-refractivity contribution in [2.24, 2.45) is 11.7 Å². The molecule has 0 aliphatic carbocycles. The van der Waals surface area contributed by atoms with Crippen molar-refractivity contribution >= 4 is 17.7 Å². The zero-order valence-electron chi connectivity index (χ0n) is 22.3. The molecule has 1 saturated heterocycles. The van der Waals surface area contributed by atoms with Crippen molar-refractivity contribution in [3.63, 3.8) is 0 Å². The van der Waals surface area contributed by atoms with Crippen molar-refractivity contribution in [1.29, 1.82) is 0 Å². The molecule has 0 radical (unpaired) electrons. The summed E-state index contributed by atoms with van der Waals surface area (Å²) in [5, 5.41) is 19.1. The van der Waals surface area contributed by atoms with Gasteiger partial charge in [0, 0.05) is 28.7 Å². The number of aliphatic hydroxyl groups is 1. The highest BCUT2D eigenvalue weighted by molar-refractivity contribution is 7.99. The largest absolute Gasteiger partial charge is 0.478 e. The summed E-state index contributed by atoms with van der Waals surface area (Å²) in [4.78, 5) is 12.5. The van der Waals surface area contributed by atoms with Gasteiger partial charge >= 0.3 is 5.97 Å². The first-order valence-electron chi connectivity index (χ1n) is 13.3. The van der Waals surface area contributed by atoms with E-state index in [1.165, 1.54) is 11.8 Å². The Morgan fingerprint density at radius 1 is 0.875 bits per heavy atom. The van der Waals surface area contributed by atoms with E-state index in [4.69, 9.17) is 15.2 Å². The molecule has 40 heavy (non-hydrogen) atoms. The Kier molecular flexibility index (Phi) is 8.99. The van der Waals surface area contributed by atoms with Crippen LogP contribution in [0.4, 0.5) is 0 Å². The van der Waals surface area contributed by atoms with Crippen molar-refractivity contribution in [1.82, 2.24) is 0 Å². The molecule has 4 aromatic rings. The van der Waals surface area contributed by atoms with Crippen LogP contribution in [0.1, 0.15) is 51.9 Å². The summed E-state index contributed by atoms with van der Waals surface area (Å²) < 4.78 is 13.1. The van der Waals surface area contributed by atoms with Crippen LogP contribution in [-0.4, -0.2) is 28.0 Å². The molecule has 5 rings (SSSR count). The minimum absolute atomic E-state index is 0.00331. The summed E-state index contributed by atoms with van der Waals surface area (Å²) in [6, 6.07) is 31.1. The van der Waals surface area contributed by atoms with Crippen LogP contribution in [-0.2, 0) is 22.6 Å². The summed E-state index contributed by atoms with van der Waals surface area (Å²) in [5.41, 5.74) is 12.2. The number of nitrogens with two attached hydrogens (primary N) is 1. The van der Waals surface area contributed by atoms with Gasteiger partial charge in [0.2, 0.25) is 0 Å². The van der Waals surface area contributed by atoms with E-state index in [0.717, 1.165) is 33.4 Å². The Bertz CT molecular complexity index is 1440. The van der Waals surface area contributed by atoms with Crippen LogP contribution in [0.3, 0.4) is 0 Å². The maximum Gasteiger partial charge on any atom is 0.336 e. The third kappa shape index (κ3) is 6.14. The van der Waals surface area contributed by atoms with E-state index < -0.39 is 12.3 Å². The highest BCUT2D eigenvalue weighted by Gasteiger charge is 2.38. The van der Waals surface area contributed by atoms with E-state index in [0.29, 0.717) is 17.2 Å². The van der Waals surface area contributed by atoms with Gasteiger partial charge in [-0.15, -0.1) is 11.8 Å². The highest BCUT2D eigenvalue weighted by Crippen LogP contribution is 2.43. The average Bonchev–Trinajstić information content (AvgIpc) is 3.00.